The van der Waals surface area contributed by atoms with Crippen molar-refractivity contribution in [1.29, 1.82) is 0 Å². The number of halogens is 3. The van der Waals surface area contributed by atoms with Crippen molar-refractivity contribution in [3.05, 3.63) is 0 Å². The van der Waals surface area contributed by atoms with E-state index in [1.165, 1.54) is 13.8 Å². The number of hydrogen-bond donors (Lipinski definition) is 1. The molecular formula is C13H22F3NO3. The van der Waals surface area contributed by atoms with Crippen LogP contribution in [0.3, 0.4) is 0 Å². The maximum Gasteiger partial charge on any atom is 0.471 e. The summed E-state index contributed by atoms with van der Waals surface area (Å²) in [5.41, 5.74) is -1.67. The molecule has 0 aromatic carbocycles. The van der Waals surface area contributed by atoms with Crippen LogP contribution in [0.4, 0.5) is 13.2 Å². The number of nitrogens with one attached hydrogen (secondary N) is 1. The fourth-order valence-electron chi connectivity index (χ4n) is 1.47. The predicted molar refractivity (Wildman–Crippen MR) is 68.0 cm³/mol. The molecule has 2 atom stereocenters. The molecule has 0 aromatic rings. The van der Waals surface area contributed by atoms with Gasteiger partial charge in [-0.25, -0.2) is 4.79 Å². The summed E-state index contributed by atoms with van der Waals surface area (Å²) in [4.78, 5) is 22.9. The summed E-state index contributed by atoms with van der Waals surface area (Å²) < 4.78 is 41.8. The third kappa shape index (κ3) is 5.79. The molecule has 1 amide bonds. The molecule has 0 bridgehead atoms. The highest BCUT2D eigenvalue weighted by molar-refractivity contribution is 5.90. The van der Waals surface area contributed by atoms with E-state index in [1.807, 2.05) is 6.92 Å². The number of hydrogen-bond acceptors (Lipinski definition) is 3. The van der Waals surface area contributed by atoms with E-state index in [4.69, 9.17) is 4.74 Å². The first-order valence-electron chi connectivity index (χ1n) is 6.67. The van der Waals surface area contributed by atoms with E-state index >= 15 is 0 Å². The third-order valence-corrected chi connectivity index (χ3v) is 3.08. The topological polar surface area (TPSA) is 55.4 Å². The van der Waals surface area contributed by atoms with Gasteiger partial charge in [0, 0.05) is 0 Å². The second-order valence-corrected chi connectivity index (χ2v) is 5.00. The van der Waals surface area contributed by atoms with Crippen molar-refractivity contribution in [3.8, 4) is 0 Å². The predicted octanol–water partition coefficient (Wildman–Crippen LogP) is 2.96. The van der Waals surface area contributed by atoms with Crippen LogP contribution < -0.4 is 5.32 Å². The average molecular weight is 297 g/mol. The van der Waals surface area contributed by atoms with E-state index in [2.05, 4.69) is 0 Å². The average Bonchev–Trinajstić information content (AvgIpc) is 2.34. The minimum absolute atomic E-state index is 0.00809. The minimum Gasteiger partial charge on any atom is -0.461 e. The molecule has 118 valence electrons. The molecule has 0 radical (unpaired) electrons. The zero-order valence-corrected chi connectivity index (χ0v) is 12.3. The van der Waals surface area contributed by atoms with Gasteiger partial charge >= 0.3 is 18.1 Å². The summed E-state index contributed by atoms with van der Waals surface area (Å²) >= 11 is 0. The van der Waals surface area contributed by atoms with Crippen molar-refractivity contribution in [3.63, 3.8) is 0 Å². The number of carbonyl (C=O) groups is 2. The van der Waals surface area contributed by atoms with Gasteiger partial charge in [0.15, 0.2) is 0 Å². The summed E-state index contributed by atoms with van der Waals surface area (Å²) in [6.07, 6.45) is -2.99. The summed E-state index contributed by atoms with van der Waals surface area (Å²) in [6.45, 7) is 6.39. The van der Waals surface area contributed by atoms with E-state index in [1.54, 1.807) is 12.2 Å². The van der Waals surface area contributed by atoms with Crippen LogP contribution in [0.2, 0.25) is 0 Å². The second-order valence-electron chi connectivity index (χ2n) is 5.00. The summed E-state index contributed by atoms with van der Waals surface area (Å²) in [7, 11) is 0. The molecule has 0 aliphatic carbocycles. The summed E-state index contributed by atoms with van der Waals surface area (Å²) in [5.74, 6) is -2.98. The van der Waals surface area contributed by atoms with Gasteiger partial charge in [0.2, 0.25) is 0 Å². The SMILES string of the molecule is CCCCC(C)OC(=O)C(C)(CC)NC(=O)C(F)(F)F. The third-order valence-electron chi connectivity index (χ3n) is 3.08. The van der Waals surface area contributed by atoms with Crippen LogP contribution in [0.15, 0.2) is 0 Å². The van der Waals surface area contributed by atoms with Gasteiger partial charge in [-0.15, -0.1) is 0 Å². The Kier molecular flexibility index (Phi) is 7.02. The lowest BCUT2D eigenvalue weighted by molar-refractivity contribution is -0.179. The van der Waals surface area contributed by atoms with Gasteiger partial charge in [0.1, 0.15) is 5.54 Å². The molecule has 0 saturated carbocycles. The van der Waals surface area contributed by atoms with Crippen molar-refractivity contribution in [2.45, 2.75) is 71.2 Å². The van der Waals surface area contributed by atoms with Crippen molar-refractivity contribution >= 4 is 11.9 Å². The van der Waals surface area contributed by atoms with E-state index in [-0.39, 0.29) is 6.42 Å². The molecule has 0 aliphatic rings. The molecule has 0 fully saturated rings. The first-order valence-corrected chi connectivity index (χ1v) is 6.67. The van der Waals surface area contributed by atoms with Crippen LogP contribution >= 0.6 is 0 Å². The minimum atomic E-state index is -5.02. The molecule has 4 nitrogen and oxygen atoms in total. The zero-order chi connectivity index (χ0) is 16.0. The first-order chi connectivity index (χ1) is 9.06. The van der Waals surface area contributed by atoms with Crippen LogP contribution in [0.1, 0.15) is 53.4 Å². The normalized spacial score (nSPS) is 16.1. The number of amides is 1. The number of carbonyl (C=O) groups excluding carboxylic acids is 2. The smallest absolute Gasteiger partial charge is 0.461 e. The fraction of sp³-hybridized carbons (Fsp3) is 0.846. The Labute approximate surface area is 117 Å². The number of ether oxygens (including phenoxy) is 1. The standard InChI is InChI=1S/C13H22F3NO3/c1-5-7-8-9(3)20-11(19)12(4,6-2)17-10(18)13(14,15)16/h9H,5-8H2,1-4H3,(H,17,18). The zero-order valence-electron chi connectivity index (χ0n) is 12.3. The molecule has 1 N–H and O–H groups in total. The van der Waals surface area contributed by atoms with E-state index in [0.29, 0.717) is 6.42 Å². The van der Waals surface area contributed by atoms with Crippen LogP contribution in [-0.2, 0) is 14.3 Å². The maximum atomic E-state index is 12.2. The monoisotopic (exact) mass is 297 g/mol. The van der Waals surface area contributed by atoms with Gasteiger partial charge < -0.3 is 10.1 Å². The van der Waals surface area contributed by atoms with E-state index < -0.39 is 29.7 Å². The van der Waals surface area contributed by atoms with Crippen LogP contribution in [0.5, 0.6) is 0 Å². The molecule has 2 unspecified atom stereocenters. The Bertz CT molecular complexity index is 344. The van der Waals surface area contributed by atoms with Crippen molar-refractivity contribution in [2.75, 3.05) is 0 Å². The summed E-state index contributed by atoms with van der Waals surface area (Å²) in [6, 6.07) is 0. The lowest BCUT2D eigenvalue weighted by atomic mass is 9.99. The Balaban J connectivity index is 4.70. The van der Waals surface area contributed by atoms with Crippen molar-refractivity contribution < 1.29 is 27.5 Å². The molecular weight excluding hydrogens is 275 g/mol. The van der Waals surface area contributed by atoms with Gasteiger partial charge in [-0.2, -0.15) is 13.2 Å². The van der Waals surface area contributed by atoms with Crippen molar-refractivity contribution in [2.24, 2.45) is 0 Å². The highest BCUT2D eigenvalue weighted by atomic mass is 19.4. The van der Waals surface area contributed by atoms with Gasteiger partial charge in [-0.3, -0.25) is 4.79 Å². The molecule has 0 spiro atoms. The van der Waals surface area contributed by atoms with Crippen LogP contribution in [0, 0.1) is 0 Å². The molecule has 0 aromatic heterocycles. The Morgan fingerprint density at radius 3 is 2.20 bits per heavy atom. The second kappa shape index (κ2) is 7.50. The maximum absolute atomic E-state index is 12.2. The number of rotatable bonds is 7. The largest absolute Gasteiger partial charge is 0.471 e. The van der Waals surface area contributed by atoms with Crippen molar-refractivity contribution in [1.82, 2.24) is 5.32 Å². The van der Waals surface area contributed by atoms with Crippen LogP contribution in [0.25, 0.3) is 0 Å². The molecule has 7 heteroatoms. The summed E-state index contributed by atoms with van der Waals surface area (Å²) in [5, 5.41) is 1.71. The van der Waals surface area contributed by atoms with Gasteiger partial charge in [-0.05, 0) is 26.7 Å². The first kappa shape index (κ1) is 18.7. The van der Waals surface area contributed by atoms with Gasteiger partial charge in [0.25, 0.3) is 0 Å². The number of esters is 1. The number of unbranched alkanes of at least 4 members (excludes halogenated alkanes) is 1. The Morgan fingerprint density at radius 1 is 1.25 bits per heavy atom. The Morgan fingerprint density at radius 2 is 1.80 bits per heavy atom. The molecule has 0 saturated heterocycles. The molecule has 20 heavy (non-hydrogen) atoms. The highest BCUT2D eigenvalue weighted by Crippen LogP contribution is 2.20. The molecule has 0 heterocycles. The van der Waals surface area contributed by atoms with E-state index in [0.717, 1.165) is 12.8 Å². The molecule has 0 rings (SSSR count). The lowest BCUT2D eigenvalue weighted by Gasteiger charge is -2.29. The quantitative estimate of drug-likeness (QED) is 0.735. The fourth-order valence-corrected chi connectivity index (χ4v) is 1.47. The molecule has 0 aliphatic heterocycles. The lowest BCUT2D eigenvalue weighted by Crippen LogP contribution is -2.56. The van der Waals surface area contributed by atoms with Gasteiger partial charge in [-0.1, -0.05) is 26.7 Å². The van der Waals surface area contributed by atoms with Crippen LogP contribution in [-0.4, -0.2) is 29.7 Å². The van der Waals surface area contributed by atoms with E-state index in [9.17, 15) is 22.8 Å². The Hall–Kier alpha value is -1.27. The van der Waals surface area contributed by atoms with Gasteiger partial charge in [0.05, 0.1) is 6.10 Å². The highest BCUT2D eigenvalue weighted by Gasteiger charge is 2.45. The number of alkyl halides is 3.